The minimum absolute atomic E-state index is 0.0187. The Morgan fingerprint density at radius 1 is 1.22 bits per heavy atom. The summed E-state index contributed by atoms with van der Waals surface area (Å²) >= 11 is 1.18. The van der Waals surface area contributed by atoms with Gasteiger partial charge in [0.15, 0.2) is 0 Å². The van der Waals surface area contributed by atoms with E-state index in [-0.39, 0.29) is 17.7 Å². The monoisotopic (exact) mass is 338 g/mol. The van der Waals surface area contributed by atoms with Crippen LogP contribution in [0, 0.1) is 17.5 Å². The van der Waals surface area contributed by atoms with Crippen LogP contribution in [0.3, 0.4) is 0 Å². The molecule has 0 aliphatic heterocycles. The van der Waals surface area contributed by atoms with E-state index in [1.165, 1.54) is 23.6 Å². The summed E-state index contributed by atoms with van der Waals surface area (Å²) in [7, 11) is 0. The zero-order chi connectivity index (χ0) is 16.6. The molecule has 0 saturated heterocycles. The van der Waals surface area contributed by atoms with Gasteiger partial charge in [-0.05, 0) is 6.07 Å². The largest absolute Gasteiger partial charge is 0.477 e. The molecule has 0 saturated carbocycles. The lowest BCUT2D eigenvalue weighted by molar-refractivity contribution is 0.0691. The smallest absolute Gasteiger partial charge is 0.352 e. The summed E-state index contributed by atoms with van der Waals surface area (Å²) in [4.78, 5) is 17.7. The fraction of sp³-hybridized carbons (Fsp3) is 0.0667. The van der Waals surface area contributed by atoms with E-state index in [1.807, 2.05) is 0 Å². The van der Waals surface area contributed by atoms with Gasteiger partial charge in [0.25, 0.3) is 0 Å². The van der Waals surface area contributed by atoms with E-state index >= 15 is 0 Å². The van der Waals surface area contributed by atoms with Crippen molar-refractivity contribution < 1.29 is 23.1 Å². The zero-order valence-electron chi connectivity index (χ0n) is 11.4. The molecule has 0 amide bonds. The lowest BCUT2D eigenvalue weighted by atomic mass is 10.1. The van der Waals surface area contributed by atoms with Gasteiger partial charge < -0.3 is 10.1 Å². The first kappa shape index (κ1) is 15.3. The third kappa shape index (κ3) is 3.11. The van der Waals surface area contributed by atoms with E-state index in [1.54, 1.807) is 5.38 Å². The molecule has 1 aromatic carbocycles. The van der Waals surface area contributed by atoms with E-state index in [2.05, 4.69) is 9.97 Å². The molecule has 3 rings (SSSR count). The van der Waals surface area contributed by atoms with Crippen molar-refractivity contribution in [3.8, 4) is 11.3 Å². The molecule has 4 nitrogen and oxygen atoms in total. The number of hydrogen-bond acceptors (Lipinski definition) is 3. The number of thiazole rings is 1. The Hall–Kier alpha value is -2.61. The second-order valence-electron chi connectivity index (χ2n) is 4.76. The maximum absolute atomic E-state index is 13.6. The average Bonchev–Trinajstić information content (AvgIpc) is 3.11. The van der Waals surface area contributed by atoms with Crippen molar-refractivity contribution in [1.82, 2.24) is 9.97 Å². The Balaban J connectivity index is 1.86. The average molecular weight is 338 g/mol. The Morgan fingerprint density at radius 2 is 1.91 bits per heavy atom. The number of aromatic amines is 1. The number of benzene rings is 1. The highest BCUT2D eigenvalue weighted by molar-refractivity contribution is 7.10. The predicted molar refractivity (Wildman–Crippen MR) is 78.0 cm³/mol. The van der Waals surface area contributed by atoms with E-state index in [0.717, 1.165) is 0 Å². The Morgan fingerprint density at radius 3 is 2.52 bits per heavy atom. The topological polar surface area (TPSA) is 66.0 Å². The number of rotatable bonds is 4. The van der Waals surface area contributed by atoms with Crippen LogP contribution >= 0.6 is 11.3 Å². The quantitative estimate of drug-likeness (QED) is 0.759. The number of aromatic carboxylic acids is 1. The van der Waals surface area contributed by atoms with E-state index in [0.29, 0.717) is 28.4 Å². The Labute approximate surface area is 132 Å². The minimum atomic E-state index is -1.10. The van der Waals surface area contributed by atoms with Gasteiger partial charge in [0, 0.05) is 41.3 Å². The summed E-state index contributed by atoms with van der Waals surface area (Å²) in [5.41, 5.74) is 0.819. The van der Waals surface area contributed by atoms with Crippen LogP contribution in [0.2, 0.25) is 0 Å². The second-order valence-corrected chi connectivity index (χ2v) is 5.70. The lowest BCUT2D eigenvalue weighted by Gasteiger charge is -2.03. The number of carbonyl (C=O) groups is 1. The van der Waals surface area contributed by atoms with Gasteiger partial charge in [-0.25, -0.2) is 22.9 Å². The summed E-state index contributed by atoms with van der Waals surface area (Å²) in [5, 5.41) is 11.0. The first-order valence-corrected chi connectivity index (χ1v) is 7.32. The molecule has 0 aliphatic rings. The SMILES string of the molecule is O=C(O)c1cc(-c2csc(Cc3c(F)cc(F)cc3F)n2)c[nH]1. The van der Waals surface area contributed by atoms with Crippen LogP contribution < -0.4 is 0 Å². The highest BCUT2D eigenvalue weighted by atomic mass is 32.1. The molecule has 2 heterocycles. The number of hydrogen-bond donors (Lipinski definition) is 2. The van der Waals surface area contributed by atoms with Crippen LogP contribution in [0.15, 0.2) is 29.8 Å². The summed E-state index contributed by atoms with van der Waals surface area (Å²) in [6.45, 7) is 0. The summed E-state index contributed by atoms with van der Waals surface area (Å²) in [6.07, 6.45) is 1.38. The van der Waals surface area contributed by atoms with Crippen molar-refractivity contribution in [3.05, 3.63) is 63.5 Å². The van der Waals surface area contributed by atoms with Crippen molar-refractivity contribution in [3.63, 3.8) is 0 Å². The third-order valence-electron chi connectivity index (χ3n) is 3.19. The van der Waals surface area contributed by atoms with Crippen molar-refractivity contribution in [2.45, 2.75) is 6.42 Å². The predicted octanol–water partition coefficient (Wildman–Crippen LogP) is 3.84. The molecule has 0 fully saturated rings. The van der Waals surface area contributed by atoms with Crippen LogP contribution in [0.5, 0.6) is 0 Å². The number of nitrogens with one attached hydrogen (secondary N) is 1. The highest BCUT2D eigenvalue weighted by Gasteiger charge is 2.15. The molecule has 0 aliphatic carbocycles. The Bertz CT molecular complexity index is 865. The van der Waals surface area contributed by atoms with Crippen molar-refractivity contribution in [2.75, 3.05) is 0 Å². The van der Waals surface area contributed by atoms with Crippen molar-refractivity contribution >= 4 is 17.3 Å². The van der Waals surface area contributed by atoms with Gasteiger partial charge in [0.05, 0.1) is 10.7 Å². The highest BCUT2D eigenvalue weighted by Crippen LogP contribution is 2.26. The summed E-state index contributed by atoms with van der Waals surface area (Å²) in [6, 6.07) is 2.66. The van der Waals surface area contributed by atoms with Crippen molar-refractivity contribution in [1.29, 1.82) is 0 Å². The molecule has 0 bridgehead atoms. The number of halogens is 3. The van der Waals surface area contributed by atoms with Crippen LogP contribution in [-0.2, 0) is 6.42 Å². The molecule has 0 atom stereocenters. The van der Waals surface area contributed by atoms with Gasteiger partial charge in [0.1, 0.15) is 23.1 Å². The normalized spacial score (nSPS) is 10.9. The van der Waals surface area contributed by atoms with E-state index in [4.69, 9.17) is 5.11 Å². The summed E-state index contributed by atoms with van der Waals surface area (Å²) in [5.74, 6) is -4.00. The first-order chi connectivity index (χ1) is 10.9. The van der Waals surface area contributed by atoms with Gasteiger partial charge in [-0.1, -0.05) is 0 Å². The molecule has 8 heteroatoms. The fourth-order valence-corrected chi connectivity index (χ4v) is 2.90. The summed E-state index contributed by atoms with van der Waals surface area (Å²) < 4.78 is 40.2. The van der Waals surface area contributed by atoms with Gasteiger partial charge in [-0.2, -0.15) is 0 Å². The van der Waals surface area contributed by atoms with E-state index < -0.39 is 23.4 Å². The number of carboxylic acid groups (broad SMARTS) is 1. The molecule has 0 spiro atoms. The van der Waals surface area contributed by atoms with Gasteiger partial charge in [0.2, 0.25) is 0 Å². The minimum Gasteiger partial charge on any atom is -0.477 e. The maximum Gasteiger partial charge on any atom is 0.352 e. The van der Waals surface area contributed by atoms with Crippen LogP contribution in [0.25, 0.3) is 11.3 Å². The second kappa shape index (κ2) is 5.88. The standard InChI is InChI=1S/C15H9F3N2O2S/c16-8-2-10(17)9(11(18)3-8)4-14-20-13(6-23-14)7-1-12(15(21)22)19-5-7/h1-3,5-6,19H,4H2,(H,21,22). The first-order valence-electron chi connectivity index (χ1n) is 6.44. The molecule has 0 unspecified atom stereocenters. The number of carboxylic acids is 1. The molecule has 118 valence electrons. The molecular weight excluding hydrogens is 329 g/mol. The van der Waals surface area contributed by atoms with Gasteiger partial charge >= 0.3 is 5.97 Å². The van der Waals surface area contributed by atoms with Crippen molar-refractivity contribution in [2.24, 2.45) is 0 Å². The molecule has 0 radical (unpaired) electrons. The van der Waals surface area contributed by atoms with E-state index in [9.17, 15) is 18.0 Å². The van der Waals surface area contributed by atoms with Crippen LogP contribution in [0.1, 0.15) is 21.1 Å². The lowest BCUT2D eigenvalue weighted by Crippen LogP contribution is -1.98. The number of nitrogens with zero attached hydrogens (tertiary/aromatic N) is 1. The van der Waals surface area contributed by atoms with Crippen LogP contribution in [-0.4, -0.2) is 21.0 Å². The number of H-pyrrole nitrogens is 1. The molecular formula is C15H9F3N2O2S. The molecule has 2 N–H and O–H groups in total. The van der Waals surface area contributed by atoms with Gasteiger partial charge in [-0.3, -0.25) is 0 Å². The van der Waals surface area contributed by atoms with Crippen LogP contribution in [0.4, 0.5) is 13.2 Å². The molecule has 2 aromatic heterocycles. The molecule has 23 heavy (non-hydrogen) atoms. The fourth-order valence-electron chi connectivity index (χ4n) is 2.08. The molecule has 3 aromatic rings. The maximum atomic E-state index is 13.6. The number of aromatic nitrogens is 2. The third-order valence-corrected chi connectivity index (χ3v) is 4.04. The zero-order valence-corrected chi connectivity index (χ0v) is 12.3. The van der Waals surface area contributed by atoms with Gasteiger partial charge in [-0.15, -0.1) is 11.3 Å². The Kier molecular flexibility index (Phi) is 3.91.